The molecule has 1 N–H and O–H groups in total. The molecule has 0 saturated carbocycles. The third-order valence-corrected chi connectivity index (χ3v) is 5.06. The maximum Gasteiger partial charge on any atom is 0.264 e. The van der Waals surface area contributed by atoms with Gasteiger partial charge in [0.05, 0.1) is 5.56 Å². The minimum absolute atomic E-state index is 0.242. The van der Waals surface area contributed by atoms with Crippen LogP contribution in [0, 0.1) is 6.92 Å². The minimum atomic E-state index is -0.386. The summed E-state index contributed by atoms with van der Waals surface area (Å²) in [7, 11) is 1.56. The van der Waals surface area contributed by atoms with Gasteiger partial charge in [0.15, 0.2) is 0 Å². The monoisotopic (exact) mass is 407 g/mol. The van der Waals surface area contributed by atoms with Gasteiger partial charge in [-0.25, -0.2) is 4.98 Å². The second kappa shape index (κ2) is 7.90. The molecule has 0 spiro atoms. The van der Waals surface area contributed by atoms with Crippen LogP contribution in [0.25, 0.3) is 16.6 Å². The highest BCUT2D eigenvalue weighted by atomic mass is 32.1. The summed E-state index contributed by atoms with van der Waals surface area (Å²) in [5, 5.41) is 12.7. The zero-order chi connectivity index (χ0) is 20.4. The van der Waals surface area contributed by atoms with Crippen molar-refractivity contribution in [2.45, 2.75) is 13.5 Å². The number of nitrogens with zero attached hydrogens (tertiary/aromatic N) is 4. The lowest BCUT2D eigenvalue weighted by Crippen LogP contribution is -2.23. The molecular formula is C20H17N5O3S. The highest BCUT2D eigenvalue weighted by Crippen LogP contribution is 2.21. The van der Waals surface area contributed by atoms with E-state index in [1.165, 1.54) is 22.1 Å². The summed E-state index contributed by atoms with van der Waals surface area (Å²) in [6.07, 6.45) is 1.51. The fraction of sp³-hybridized carbons (Fsp3) is 0.150. The van der Waals surface area contributed by atoms with Crippen LogP contribution < -0.4 is 10.9 Å². The Labute approximate surface area is 169 Å². The van der Waals surface area contributed by atoms with E-state index in [1.807, 2.05) is 19.1 Å². The number of ether oxygens (including phenoxy) is 1. The normalized spacial score (nSPS) is 11.0. The van der Waals surface area contributed by atoms with Gasteiger partial charge in [-0.15, -0.1) is 10.2 Å². The number of benzene rings is 1. The fourth-order valence-corrected chi connectivity index (χ4v) is 3.66. The number of methoxy groups -OCH3 is 1. The van der Waals surface area contributed by atoms with Crippen molar-refractivity contribution in [3.63, 3.8) is 0 Å². The van der Waals surface area contributed by atoms with Crippen molar-refractivity contribution in [1.29, 1.82) is 0 Å². The lowest BCUT2D eigenvalue weighted by Gasteiger charge is -2.11. The van der Waals surface area contributed by atoms with E-state index in [2.05, 4.69) is 20.5 Å². The van der Waals surface area contributed by atoms with Gasteiger partial charge in [-0.1, -0.05) is 35.6 Å². The van der Waals surface area contributed by atoms with Crippen molar-refractivity contribution in [3.05, 3.63) is 75.3 Å². The molecule has 1 amide bonds. The first-order chi connectivity index (χ1) is 14.1. The zero-order valence-electron chi connectivity index (χ0n) is 15.7. The predicted molar refractivity (Wildman–Crippen MR) is 111 cm³/mol. The second-order valence-electron chi connectivity index (χ2n) is 6.29. The number of hydrogen-bond donors (Lipinski definition) is 1. The summed E-state index contributed by atoms with van der Waals surface area (Å²) in [4.78, 5) is 30.4. The van der Waals surface area contributed by atoms with Gasteiger partial charge in [0, 0.05) is 29.8 Å². The number of pyridine rings is 2. The van der Waals surface area contributed by atoms with Crippen molar-refractivity contribution in [2.75, 3.05) is 12.4 Å². The third kappa shape index (κ3) is 3.78. The van der Waals surface area contributed by atoms with Gasteiger partial charge in [0.1, 0.15) is 17.4 Å². The molecule has 0 radical (unpaired) electrons. The summed E-state index contributed by atoms with van der Waals surface area (Å²) in [5.74, 6) is 0.0656. The summed E-state index contributed by atoms with van der Waals surface area (Å²) in [5.41, 5.74) is 0.869. The Morgan fingerprint density at radius 3 is 2.69 bits per heavy atom. The fourth-order valence-electron chi connectivity index (χ4n) is 2.96. The molecule has 8 nitrogen and oxygen atoms in total. The molecule has 1 aromatic carbocycles. The van der Waals surface area contributed by atoms with Gasteiger partial charge in [0.2, 0.25) is 5.13 Å². The highest BCUT2D eigenvalue weighted by molar-refractivity contribution is 7.15. The topological polar surface area (TPSA) is 99.0 Å². The number of hydrogen-bond acceptors (Lipinski definition) is 7. The molecule has 0 aliphatic heterocycles. The zero-order valence-corrected chi connectivity index (χ0v) is 16.6. The van der Waals surface area contributed by atoms with Crippen LogP contribution in [0.3, 0.4) is 0 Å². The van der Waals surface area contributed by atoms with Crippen LogP contribution in [0.15, 0.2) is 53.5 Å². The molecule has 3 heterocycles. The third-order valence-electron chi connectivity index (χ3n) is 4.24. The Morgan fingerprint density at radius 1 is 1.14 bits per heavy atom. The quantitative estimate of drug-likeness (QED) is 0.546. The van der Waals surface area contributed by atoms with Crippen LogP contribution in [-0.4, -0.2) is 32.8 Å². The number of rotatable bonds is 5. The van der Waals surface area contributed by atoms with E-state index in [0.717, 1.165) is 5.69 Å². The Kier molecular flexibility index (Phi) is 5.15. The van der Waals surface area contributed by atoms with Crippen molar-refractivity contribution in [3.8, 4) is 5.82 Å². The Bertz CT molecular complexity index is 1260. The maximum absolute atomic E-state index is 13.0. The number of amides is 1. The smallest absolute Gasteiger partial charge is 0.264 e. The average molecular weight is 407 g/mol. The van der Waals surface area contributed by atoms with Gasteiger partial charge >= 0.3 is 0 Å². The van der Waals surface area contributed by atoms with Gasteiger partial charge in [-0.2, -0.15) is 0 Å². The van der Waals surface area contributed by atoms with Crippen molar-refractivity contribution in [2.24, 2.45) is 0 Å². The lowest BCUT2D eigenvalue weighted by molar-refractivity contribution is 0.102. The number of carbonyl (C=O) groups is 1. The SMILES string of the molecule is COCc1nnc(NC(=O)c2cn(-c3cccc(C)n3)c(=O)c3ccccc23)s1. The number of carbonyl (C=O) groups excluding carboxylic acids is 1. The standard InChI is InChI=1S/C20H17N5O3S/c1-12-6-5-9-16(21-12)25-10-15(13-7-3-4-8-14(13)19(25)27)18(26)22-20-24-23-17(29-20)11-28-2/h3-10H,11H2,1-2H3,(H,22,24,26). The number of aryl methyl sites for hydroxylation is 1. The van der Waals surface area contributed by atoms with Gasteiger partial charge < -0.3 is 4.74 Å². The van der Waals surface area contributed by atoms with Gasteiger partial charge in [-0.05, 0) is 25.1 Å². The van der Waals surface area contributed by atoms with Crippen molar-refractivity contribution in [1.82, 2.24) is 19.7 Å². The van der Waals surface area contributed by atoms with Crippen LogP contribution in [0.2, 0.25) is 0 Å². The van der Waals surface area contributed by atoms with E-state index in [9.17, 15) is 9.59 Å². The van der Waals surface area contributed by atoms with Gasteiger partial charge in [0.25, 0.3) is 11.5 Å². The molecule has 4 rings (SSSR count). The van der Waals surface area contributed by atoms with E-state index in [4.69, 9.17) is 4.74 Å². The van der Waals surface area contributed by atoms with Crippen molar-refractivity contribution >= 4 is 33.1 Å². The molecule has 0 unspecified atom stereocenters. The van der Waals surface area contributed by atoms with Crippen LogP contribution in [0.1, 0.15) is 21.1 Å². The molecule has 4 aromatic rings. The summed E-state index contributed by atoms with van der Waals surface area (Å²) >= 11 is 1.23. The largest absolute Gasteiger partial charge is 0.377 e. The summed E-state index contributed by atoms with van der Waals surface area (Å²) in [6.45, 7) is 2.16. The Balaban J connectivity index is 1.81. The first-order valence-corrected chi connectivity index (χ1v) is 9.59. The lowest BCUT2D eigenvalue weighted by atomic mass is 10.1. The number of fused-ring (bicyclic) bond motifs is 1. The molecule has 146 valence electrons. The van der Waals surface area contributed by atoms with Crippen molar-refractivity contribution < 1.29 is 9.53 Å². The van der Waals surface area contributed by atoms with Crippen LogP contribution in [0.4, 0.5) is 5.13 Å². The van der Waals surface area contributed by atoms with Crippen LogP contribution >= 0.6 is 11.3 Å². The number of nitrogens with one attached hydrogen (secondary N) is 1. The minimum Gasteiger partial charge on any atom is -0.377 e. The molecule has 29 heavy (non-hydrogen) atoms. The molecular weight excluding hydrogens is 390 g/mol. The first kappa shape index (κ1) is 18.9. The number of aromatic nitrogens is 4. The van der Waals surface area contributed by atoms with E-state index in [-0.39, 0.29) is 11.5 Å². The number of anilines is 1. The predicted octanol–water partition coefficient (Wildman–Crippen LogP) is 2.94. The first-order valence-electron chi connectivity index (χ1n) is 8.78. The molecule has 0 saturated heterocycles. The maximum atomic E-state index is 13.0. The highest BCUT2D eigenvalue weighted by Gasteiger charge is 2.17. The Hall–Kier alpha value is -3.43. The average Bonchev–Trinajstić information content (AvgIpc) is 3.15. The molecule has 0 bridgehead atoms. The van der Waals surface area contributed by atoms with Gasteiger partial charge in [-0.3, -0.25) is 19.5 Å². The van der Waals surface area contributed by atoms with Crippen LogP contribution in [0.5, 0.6) is 0 Å². The van der Waals surface area contributed by atoms with Crippen LogP contribution in [-0.2, 0) is 11.3 Å². The molecule has 0 fully saturated rings. The molecule has 0 aliphatic rings. The molecule has 3 aromatic heterocycles. The molecule has 0 atom stereocenters. The molecule has 9 heteroatoms. The Morgan fingerprint density at radius 2 is 1.93 bits per heavy atom. The van der Waals surface area contributed by atoms with E-state index in [1.54, 1.807) is 37.4 Å². The van der Waals surface area contributed by atoms with E-state index >= 15 is 0 Å². The summed E-state index contributed by atoms with van der Waals surface area (Å²) < 4.78 is 6.42. The second-order valence-corrected chi connectivity index (χ2v) is 7.35. The summed E-state index contributed by atoms with van der Waals surface area (Å²) in [6, 6.07) is 12.4. The van der Waals surface area contributed by atoms with E-state index in [0.29, 0.717) is 38.9 Å². The van der Waals surface area contributed by atoms with E-state index < -0.39 is 0 Å². The molecule has 0 aliphatic carbocycles.